The summed E-state index contributed by atoms with van der Waals surface area (Å²) in [6.07, 6.45) is 5.48. The van der Waals surface area contributed by atoms with Crippen LogP contribution in [0.5, 0.6) is 0 Å². The molecule has 0 saturated heterocycles. The van der Waals surface area contributed by atoms with E-state index in [1.54, 1.807) is 0 Å². The molecule has 0 radical (unpaired) electrons. The van der Waals surface area contributed by atoms with Gasteiger partial charge in [-0.25, -0.2) is 4.79 Å². The number of hydrogen-bond acceptors (Lipinski definition) is 3. The van der Waals surface area contributed by atoms with Crippen molar-refractivity contribution < 1.29 is 9.53 Å². The maximum absolute atomic E-state index is 12.1. The van der Waals surface area contributed by atoms with Gasteiger partial charge in [0.2, 0.25) is 0 Å². The lowest BCUT2D eigenvalue weighted by Gasteiger charge is -2.34. The maximum Gasteiger partial charge on any atom is 0.408 e. The van der Waals surface area contributed by atoms with Crippen LogP contribution in [0.3, 0.4) is 0 Å². The normalized spacial score (nSPS) is 12.3. The summed E-state index contributed by atoms with van der Waals surface area (Å²) < 4.78 is 7.41. The van der Waals surface area contributed by atoms with E-state index in [9.17, 15) is 4.79 Å². The Hall–Kier alpha value is -1.49. The van der Waals surface area contributed by atoms with Crippen LogP contribution in [0.25, 0.3) is 0 Å². The standard InChI is InChI=1S/C17H31N3O2/c1-7-17(8-2,19-15(21)22-16(3,4)5)13-18-11-14-9-10-20(6)12-14/h9-10,12,18H,7-8,11,13H2,1-6H3,(H,19,21). The Bertz CT molecular complexity index is 470. The van der Waals surface area contributed by atoms with Crippen LogP contribution in [-0.4, -0.2) is 28.3 Å². The summed E-state index contributed by atoms with van der Waals surface area (Å²) in [5.41, 5.74) is 0.479. The number of ether oxygens (including phenoxy) is 1. The molecule has 1 amide bonds. The lowest BCUT2D eigenvalue weighted by molar-refractivity contribution is 0.0446. The summed E-state index contributed by atoms with van der Waals surface area (Å²) in [6, 6.07) is 2.09. The molecule has 2 N–H and O–H groups in total. The first-order chi connectivity index (χ1) is 10.2. The summed E-state index contributed by atoms with van der Waals surface area (Å²) in [5, 5.41) is 6.49. The van der Waals surface area contributed by atoms with Gasteiger partial charge >= 0.3 is 6.09 Å². The van der Waals surface area contributed by atoms with Crippen molar-refractivity contribution in [3.63, 3.8) is 0 Å². The van der Waals surface area contributed by atoms with Crippen LogP contribution in [0, 0.1) is 0 Å². The molecule has 126 valence electrons. The smallest absolute Gasteiger partial charge is 0.408 e. The number of nitrogens with one attached hydrogen (secondary N) is 2. The van der Waals surface area contributed by atoms with Crippen molar-refractivity contribution in [3.05, 3.63) is 24.0 Å². The lowest BCUT2D eigenvalue weighted by Crippen LogP contribution is -2.55. The van der Waals surface area contributed by atoms with E-state index in [2.05, 4.69) is 36.7 Å². The summed E-state index contributed by atoms with van der Waals surface area (Å²) in [6.45, 7) is 11.3. The van der Waals surface area contributed by atoms with Crippen molar-refractivity contribution in [1.82, 2.24) is 15.2 Å². The molecule has 0 bridgehead atoms. The number of carbonyl (C=O) groups excluding carboxylic acids is 1. The fourth-order valence-electron chi connectivity index (χ4n) is 2.35. The van der Waals surface area contributed by atoms with Gasteiger partial charge in [0.25, 0.3) is 0 Å². The molecule has 1 aromatic rings. The van der Waals surface area contributed by atoms with Gasteiger partial charge < -0.3 is 19.9 Å². The molecule has 1 heterocycles. The summed E-state index contributed by atoms with van der Waals surface area (Å²) >= 11 is 0. The van der Waals surface area contributed by atoms with Crippen LogP contribution in [0.15, 0.2) is 18.5 Å². The first kappa shape index (κ1) is 18.6. The van der Waals surface area contributed by atoms with Crippen LogP contribution in [-0.2, 0) is 18.3 Å². The molecule has 0 aliphatic heterocycles. The van der Waals surface area contributed by atoms with Crippen molar-refractivity contribution >= 4 is 6.09 Å². The molecule has 0 aliphatic carbocycles. The molecule has 0 atom stereocenters. The van der Waals surface area contributed by atoms with E-state index < -0.39 is 5.60 Å². The molecule has 5 heteroatoms. The molecule has 0 spiro atoms. The lowest BCUT2D eigenvalue weighted by atomic mass is 9.93. The number of hydrogen-bond donors (Lipinski definition) is 2. The van der Waals surface area contributed by atoms with Crippen LogP contribution >= 0.6 is 0 Å². The van der Waals surface area contributed by atoms with E-state index in [0.29, 0.717) is 6.54 Å². The quantitative estimate of drug-likeness (QED) is 0.813. The van der Waals surface area contributed by atoms with Gasteiger partial charge in [-0.15, -0.1) is 0 Å². The molecular weight excluding hydrogens is 278 g/mol. The molecule has 5 nitrogen and oxygen atoms in total. The topological polar surface area (TPSA) is 55.3 Å². The Morgan fingerprint density at radius 2 is 1.91 bits per heavy atom. The zero-order valence-electron chi connectivity index (χ0n) is 14.8. The molecular formula is C17H31N3O2. The first-order valence-electron chi connectivity index (χ1n) is 8.02. The van der Waals surface area contributed by atoms with Crippen LogP contribution in [0.1, 0.15) is 53.0 Å². The molecule has 0 aliphatic rings. The van der Waals surface area contributed by atoms with Gasteiger partial charge in [0.05, 0.1) is 5.54 Å². The van der Waals surface area contributed by atoms with Gasteiger partial charge in [-0.05, 0) is 45.2 Å². The first-order valence-corrected chi connectivity index (χ1v) is 8.02. The highest BCUT2D eigenvalue weighted by atomic mass is 16.6. The number of rotatable bonds is 7. The second-order valence-corrected chi connectivity index (χ2v) is 6.90. The zero-order chi connectivity index (χ0) is 16.8. The largest absolute Gasteiger partial charge is 0.444 e. The highest BCUT2D eigenvalue weighted by Crippen LogP contribution is 2.16. The maximum atomic E-state index is 12.1. The minimum absolute atomic E-state index is 0.281. The number of aryl methyl sites for hydroxylation is 1. The highest BCUT2D eigenvalue weighted by molar-refractivity contribution is 5.68. The van der Waals surface area contributed by atoms with Crippen molar-refractivity contribution in [2.24, 2.45) is 7.05 Å². The Morgan fingerprint density at radius 3 is 2.36 bits per heavy atom. The Kier molecular flexibility index (Phi) is 6.48. The van der Waals surface area contributed by atoms with Gasteiger partial charge in [-0.2, -0.15) is 0 Å². The Labute approximate surface area is 134 Å². The molecule has 0 aromatic carbocycles. The SMILES string of the molecule is CCC(CC)(CNCc1ccn(C)c1)NC(=O)OC(C)(C)C. The fourth-order valence-corrected chi connectivity index (χ4v) is 2.35. The summed E-state index contributed by atoms with van der Waals surface area (Å²) in [5.74, 6) is 0. The number of carbonyl (C=O) groups is 1. The number of amides is 1. The third kappa shape index (κ3) is 6.10. The highest BCUT2D eigenvalue weighted by Gasteiger charge is 2.30. The van der Waals surface area contributed by atoms with Crippen molar-refractivity contribution in [2.45, 2.75) is 65.1 Å². The summed E-state index contributed by atoms with van der Waals surface area (Å²) in [4.78, 5) is 12.1. The zero-order valence-corrected chi connectivity index (χ0v) is 14.8. The predicted octanol–water partition coefficient (Wildman–Crippen LogP) is 3.20. The molecule has 1 aromatic heterocycles. The predicted molar refractivity (Wildman–Crippen MR) is 89.8 cm³/mol. The average molecular weight is 309 g/mol. The average Bonchev–Trinajstić information content (AvgIpc) is 2.81. The van der Waals surface area contributed by atoms with Gasteiger partial charge in [0.15, 0.2) is 0 Å². The number of nitrogens with zero attached hydrogens (tertiary/aromatic N) is 1. The van der Waals surface area contributed by atoms with Crippen LogP contribution in [0.2, 0.25) is 0 Å². The van der Waals surface area contributed by atoms with E-state index in [-0.39, 0.29) is 11.6 Å². The van der Waals surface area contributed by atoms with Crippen molar-refractivity contribution in [2.75, 3.05) is 6.54 Å². The number of alkyl carbamates (subject to hydrolysis) is 1. The molecule has 1 rings (SSSR count). The molecule has 0 fully saturated rings. The monoisotopic (exact) mass is 309 g/mol. The van der Waals surface area contributed by atoms with E-state index in [4.69, 9.17) is 4.74 Å². The molecule has 0 saturated carbocycles. The van der Waals surface area contributed by atoms with Gasteiger partial charge in [0, 0.05) is 32.5 Å². The third-order valence-corrected chi connectivity index (χ3v) is 3.81. The second-order valence-electron chi connectivity index (χ2n) is 6.90. The van der Waals surface area contributed by atoms with Gasteiger partial charge in [-0.1, -0.05) is 13.8 Å². The van der Waals surface area contributed by atoms with E-state index in [1.165, 1.54) is 5.56 Å². The fraction of sp³-hybridized carbons (Fsp3) is 0.706. The third-order valence-electron chi connectivity index (χ3n) is 3.81. The summed E-state index contributed by atoms with van der Waals surface area (Å²) in [7, 11) is 2.01. The van der Waals surface area contributed by atoms with Crippen LogP contribution in [0.4, 0.5) is 4.79 Å². The van der Waals surface area contributed by atoms with E-state index in [0.717, 1.165) is 19.4 Å². The van der Waals surface area contributed by atoms with Crippen molar-refractivity contribution in [1.29, 1.82) is 0 Å². The van der Waals surface area contributed by atoms with Gasteiger partial charge in [-0.3, -0.25) is 0 Å². The van der Waals surface area contributed by atoms with Gasteiger partial charge in [0.1, 0.15) is 5.60 Å². The Morgan fingerprint density at radius 1 is 1.27 bits per heavy atom. The molecule has 22 heavy (non-hydrogen) atoms. The van der Waals surface area contributed by atoms with Crippen LogP contribution < -0.4 is 10.6 Å². The minimum atomic E-state index is -0.477. The second kappa shape index (κ2) is 7.68. The van der Waals surface area contributed by atoms with E-state index in [1.807, 2.05) is 38.6 Å². The number of aromatic nitrogens is 1. The Balaban J connectivity index is 2.56. The molecule has 0 unspecified atom stereocenters. The van der Waals surface area contributed by atoms with E-state index >= 15 is 0 Å². The van der Waals surface area contributed by atoms with Crippen molar-refractivity contribution in [3.8, 4) is 0 Å². The minimum Gasteiger partial charge on any atom is -0.444 e.